The maximum Gasteiger partial charge on any atom is 0.326 e. The second-order valence-electron chi connectivity index (χ2n) is 18.4. The maximum atomic E-state index is 14.2. The first-order valence-corrected chi connectivity index (χ1v) is 24.1. The fourth-order valence-electron chi connectivity index (χ4n) is 7.43. The number of aliphatic imine (C=N–C) groups is 2. The van der Waals surface area contributed by atoms with E-state index in [4.69, 9.17) is 34.4 Å². The number of carbonyl (C=O) groups is 11. The molecule has 0 aromatic rings. The van der Waals surface area contributed by atoms with Crippen molar-refractivity contribution in [2.75, 3.05) is 26.2 Å². The number of nitrogens with zero attached hydrogens (tertiary/aromatic N) is 3. The Balaban J connectivity index is 3.37. The van der Waals surface area contributed by atoms with Gasteiger partial charge in [-0.2, -0.15) is 0 Å². The van der Waals surface area contributed by atoms with Crippen molar-refractivity contribution in [1.29, 1.82) is 0 Å². The first kappa shape index (κ1) is 63.7. The van der Waals surface area contributed by atoms with Crippen molar-refractivity contribution in [2.45, 2.75) is 154 Å². The van der Waals surface area contributed by atoms with E-state index in [1.54, 1.807) is 41.5 Å². The number of aliphatic carboxylic acids is 2. The van der Waals surface area contributed by atoms with E-state index in [1.165, 1.54) is 0 Å². The summed E-state index contributed by atoms with van der Waals surface area (Å²) < 4.78 is 0. The summed E-state index contributed by atoms with van der Waals surface area (Å²) in [6, 6.07) is -10.9. The summed E-state index contributed by atoms with van der Waals surface area (Å²) in [5, 5.41) is 36.7. The van der Waals surface area contributed by atoms with E-state index in [0.29, 0.717) is 12.8 Å². The van der Waals surface area contributed by atoms with Crippen LogP contribution in [0.4, 0.5) is 0 Å². The molecule has 9 amide bonds. The molecular weight excluding hydrogens is 961 g/mol. The Labute approximate surface area is 423 Å². The van der Waals surface area contributed by atoms with E-state index in [9.17, 15) is 63.0 Å². The largest absolute Gasteiger partial charge is 0.481 e. The van der Waals surface area contributed by atoms with Crippen LogP contribution in [0.15, 0.2) is 9.98 Å². The highest BCUT2D eigenvalue weighted by Gasteiger charge is 2.41. The summed E-state index contributed by atoms with van der Waals surface area (Å²) in [5.41, 5.74) is 32.9. The molecule has 0 spiro atoms. The van der Waals surface area contributed by atoms with Gasteiger partial charge in [-0.15, -0.1) is 0 Å². The third-order valence-electron chi connectivity index (χ3n) is 11.7. The molecule has 1 rings (SSSR count). The van der Waals surface area contributed by atoms with E-state index < -0.39 is 151 Å². The molecule has 0 aliphatic carbocycles. The van der Waals surface area contributed by atoms with Gasteiger partial charge in [0.25, 0.3) is 0 Å². The van der Waals surface area contributed by atoms with Crippen molar-refractivity contribution >= 4 is 77.0 Å². The summed E-state index contributed by atoms with van der Waals surface area (Å²) in [6.07, 6.45) is -0.604. The Morgan fingerprint density at radius 2 is 1.15 bits per heavy atom. The number of primary amides is 1. The summed E-state index contributed by atoms with van der Waals surface area (Å²) in [7, 11) is 0. The molecule has 412 valence electrons. The standard InChI is InChI=1S/C44H78N16O13/c1-7-23(6)34(42(72)73)57-30(62)20-53-36(66)26(14-15-29(46)61)54-38(68)28-13-10-18-60(28)41(71)27(19-31(63)64)56-37(67)25(12-9-17-52-44(49)50)55-39(69)32(21(2)3)59-40(70)33(22(4)5)58-35(65)24(45)11-8-16-51-43(47)48/h21-28,32-34H,7-20,45H2,1-6H3,(H2,46,61)(H,53,66)(H,54,68)(H,55,69)(H,56,67)(H,57,62)(H,58,65)(H,59,70)(H,63,64)(H,72,73)(H4,47,48,51)(H4,49,50,52)/t23-,24-,25-,26-,27-,28-,32-,33-,34-/m0/s1. The van der Waals surface area contributed by atoms with Gasteiger partial charge in [-0.25, -0.2) is 4.79 Å². The lowest BCUT2D eigenvalue weighted by molar-refractivity contribution is -0.146. The zero-order valence-corrected chi connectivity index (χ0v) is 42.4. The average molecular weight is 1040 g/mol. The Morgan fingerprint density at radius 1 is 0.630 bits per heavy atom. The second-order valence-corrected chi connectivity index (χ2v) is 18.4. The molecule has 73 heavy (non-hydrogen) atoms. The third-order valence-corrected chi connectivity index (χ3v) is 11.7. The van der Waals surface area contributed by atoms with Gasteiger partial charge in [0.1, 0.15) is 42.3 Å². The number of carboxylic acids is 2. The van der Waals surface area contributed by atoms with Gasteiger partial charge in [0.2, 0.25) is 53.2 Å². The smallest absolute Gasteiger partial charge is 0.326 e. The van der Waals surface area contributed by atoms with Gasteiger partial charge in [0.15, 0.2) is 11.9 Å². The van der Waals surface area contributed by atoms with Crippen LogP contribution in [0.1, 0.15) is 106 Å². The van der Waals surface area contributed by atoms with Gasteiger partial charge in [-0.3, -0.25) is 57.9 Å². The van der Waals surface area contributed by atoms with E-state index >= 15 is 0 Å². The van der Waals surface area contributed by atoms with Crippen LogP contribution in [-0.4, -0.2) is 167 Å². The number of hydrogen-bond acceptors (Lipinski definition) is 14. The predicted molar refractivity (Wildman–Crippen MR) is 265 cm³/mol. The van der Waals surface area contributed by atoms with Gasteiger partial charge < -0.3 is 86.7 Å². The van der Waals surface area contributed by atoms with Crippen LogP contribution in [0, 0.1) is 17.8 Å². The monoisotopic (exact) mass is 1040 g/mol. The molecular formula is C44H78N16O13. The SMILES string of the molecule is CC[C@H](C)[C@H](NC(=O)CNC(=O)[C@H](CCC(N)=O)NC(=O)[C@@H]1CCCN1C(=O)[C@H](CC(=O)O)NC(=O)[C@H](CCCN=C(N)N)NC(=O)[C@@H](NC(=O)[C@@H](NC(=O)[C@@H](N)CCCN=C(N)N)C(C)C)C(C)C)C(=O)O. The molecule has 1 heterocycles. The lowest BCUT2D eigenvalue weighted by Gasteiger charge is -2.31. The van der Waals surface area contributed by atoms with Crippen LogP contribution >= 0.6 is 0 Å². The summed E-state index contributed by atoms with van der Waals surface area (Å²) in [4.78, 5) is 153. The Hall–Kier alpha value is -7.33. The van der Waals surface area contributed by atoms with Crippen molar-refractivity contribution in [3.8, 4) is 0 Å². The Bertz CT molecular complexity index is 2010. The number of guanidine groups is 2. The van der Waals surface area contributed by atoms with Gasteiger partial charge in [-0.05, 0) is 62.7 Å². The Morgan fingerprint density at radius 3 is 1.66 bits per heavy atom. The number of nitrogens with two attached hydrogens (primary N) is 6. The highest BCUT2D eigenvalue weighted by molar-refractivity contribution is 5.99. The number of carbonyl (C=O) groups excluding carboxylic acids is 9. The first-order chi connectivity index (χ1) is 34.1. The minimum absolute atomic E-state index is 0.0182. The van der Waals surface area contributed by atoms with Crippen molar-refractivity contribution in [2.24, 2.45) is 62.1 Å². The molecule has 0 aromatic carbocycles. The highest BCUT2D eigenvalue weighted by Crippen LogP contribution is 2.21. The molecule has 29 nitrogen and oxygen atoms in total. The van der Waals surface area contributed by atoms with Crippen LogP contribution in [0.25, 0.3) is 0 Å². The second kappa shape index (κ2) is 31.9. The van der Waals surface area contributed by atoms with Crippen molar-refractivity contribution < 1.29 is 63.0 Å². The first-order valence-electron chi connectivity index (χ1n) is 24.1. The van der Waals surface area contributed by atoms with Crippen LogP contribution in [0.5, 0.6) is 0 Å². The highest BCUT2D eigenvalue weighted by atomic mass is 16.4. The number of amides is 9. The average Bonchev–Trinajstić information content (AvgIpc) is 3.80. The molecule has 1 fully saturated rings. The lowest BCUT2D eigenvalue weighted by Crippen LogP contribution is -2.61. The summed E-state index contributed by atoms with van der Waals surface area (Å²) in [5.74, 6) is -12.6. The van der Waals surface area contributed by atoms with Crippen molar-refractivity contribution in [1.82, 2.24) is 42.1 Å². The van der Waals surface area contributed by atoms with Crippen LogP contribution < -0.4 is 71.6 Å². The fourth-order valence-corrected chi connectivity index (χ4v) is 7.43. The zero-order valence-electron chi connectivity index (χ0n) is 42.4. The molecule has 0 bridgehead atoms. The molecule has 0 saturated carbocycles. The van der Waals surface area contributed by atoms with Gasteiger partial charge in [0, 0.05) is 26.1 Å². The number of carboxylic acid groups (broad SMARTS) is 2. The quantitative estimate of drug-likeness (QED) is 0.0166. The molecule has 0 unspecified atom stereocenters. The number of nitrogens with one attached hydrogen (secondary N) is 7. The molecule has 1 saturated heterocycles. The van der Waals surface area contributed by atoms with Gasteiger partial charge in [-0.1, -0.05) is 48.0 Å². The van der Waals surface area contributed by atoms with E-state index in [2.05, 4.69) is 47.2 Å². The van der Waals surface area contributed by atoms with E-state index in [-0.39, 0.29) is 70.1 Å². The fraction of sp³-hybridized carbons (Fsp3) is 0.705. The minimum atomic E-state index is -1.82. The molecule has 0 radical (unpaired) electrons. The molecule has 29 heteroatoms. The van der Waals surface area contributed by atoms with E-state index in [1.807, 2.05) is 0 Å². The topological polar surface area (TPSA) is 497 Å². The summed E-state index contributed by atoms with van der Waals surface area (Å²) in [6.45, 7) is 9.28. The predicted octanol–water partition coefficient (Wildman–Crippen LogP) is -5.38. The zero-order chi connectivity index (χ0) is 55.7. The number of rotatable bonds is 33. The molecule has 21 N–H and O–H groups in total. The number of hydrogen-bond donors (Lipinski definition) is 15. The van der Waals surface area contributed by atoms with Crippen molar-refractivity contribution in [3.63, 3.8) is 0 Å². The maximum absolute atomic E-state index is 14.2. The number of likely N-dealkylation sites (tertiary alicyclic amines) is 1. The van der Waals surface area contributed by atoms with Crippen molar-refractivity contribution in [3.05, 3.63) is 0 Å². The van der Waals surface area contributed by atoms with Crippen LogP contribution in [0.3, 0.4) is 0 Å². The van der Waals surface area contributed by atoms with Gasteiger partial charge >= 0.3 is 11.9 Å². The third kappa shape index (κ3) is 23.2. The molecule has 1 aliphatic heterocycles. The summed E-state index contributed by atoms with van der Waals surface area (Å²) >= 11 is 0. The Kier molecular flexibility index (Phi) is 27.8. The van der Waals surface area contributed by atoms with E-state index in [0.717, 1.165) is 4.90 Å². The molecule has 0 aromatic heterocycles. The minimum Gasteiger partial charge on any atom is -0.481 e. The molecule has 9 atom stereocenters. The lowest BCUT2D eigenvalue weighted by atomic mass is 9.98. The van der Waals surface area contributed by atoms with Gasteiger partial charge in [0.05, 0.1) is 19.0 Å². The van der Waals surface area contributed by atoms with Crippen LogP contribution in [0.2, 0.25) is 0 Å². The normalized spacial score (nSPS) is 16.4. The van der Waals surface area contributed by atoms with Crippen LogP contribution in [-0.2, 0) is 52.7 Å². The molecule has 1 aliphatic rings.